The molecule has 0 atom stereocenters. The molecule has 18 heavy (non-hydrogen) atoms. The van der Waals surface area contributed by atoms with Crippen molar-refractivity contribution < 1.29 is 14.3 Å². The summed E-state index contributed by atoms with van der Waals surface area (Å²) < 4.78 is 14.4. The molecule has 0 saturated heterocycles. The Morgan fingerprint density at radius 2 is 1.83 bits per heavy atom. The zero-order valence-corrected chi connectivity index (χ0v) is 11.5. The van der Waals surface area contributed by atoms with Crippen molar-refractivity contribution in [3.63, 3.8) is 0 Å². The van der Waals surface area contributed by atoms with Crippen LogP contribution in [0.1, 0.15) is 10.4 Å². The number of carbonyl (C=O) groups is 1. The van der Waals surface area contributed by atoms with E-state index in [9.17, 15) is 9.18 Å². The fraction of sp³-hybridized carbons (Fsp3) is 0. The van der Waals surface area contributed by atoms with E-state index in [2.05, 4.69) is 15.9 Å². The number of carboxylic acid groups (broad SMARTS) is 1. The van der Waals surface area contributed by atoms with E-state index in [-0.39, 0.29) is 5.56 Å². The van der Waals surface area contributed by atoms with Gasteiger partial charge in [0, 0.05) is 14.3 Å². The predicted octanol–water partition coefficient (Wildman–Crippen LogP) is 4.44. The van der Waals surface area contributed by atoms with Gasteiger partial charge in [0.1, 0.15) is 11.4 Å². The normalized spacial score (nSPS) is 10.3. The quantitative estimate of drug-likeness (QED) is 0.906. The van der Waals surface area contributed by atoms with Gasteiger partial charge in [0.15, 0.2) is 0 Å². The van der Waals surface area contributed by atoms with Crippen molar-refractivity contribution in [3.8, 4) is 0 Å². The Morgan fingerprint density at radius 3 is 2.44 bits per heavy atom. The maximum absolute atomic E-state index is 13.5. The molecule has 0 spiro atoms. The highest BCUT2D eigenvalue weighted by molar-refractivity contribution is 9.10. The van der Waals surface area contributed by atoms with Crippen LogP contribution in [-0.4, -0.2) is 11.1 Å². The van der Waals surface area contributed by atoms with Crippen molar-refractivity contribution in [3.05, 3.63) is 58.3 Å². The first kappa shape index (κ1) is 13.1. The summed E-state index contributed by atoms with van der Waals surface area (Å²) in [7, 11) is 0. The Kier molecular flexibility index (Phi) is 4.04. The summed E-state index contributed by atoms with van der Waals surface area (Å²) >= 11 is 4.54. The molecule has 0 aliphatic heterocycles. The third kappa shape index (κ3) is 2.91. The number of carboxylic acids is 1. The van der Waals surface area contributed by atoms with Gasteiger partial charge >= 0.3 is 5.97 Å². The first-order valence-corrected chi connectivity index (χ1v) is 6.64. The minimum atomic E-state index is -1.26. The van der Waals surface area contributed by atoms with Crippen LogP contribution in [0.2, 0.25) is 0 Å². The maximum Gasteiger partial charge on any atom is 0.339 e. The second-order valence-electron chi connectivity index (χ2n) is 3.47. The van der Waals surface area contributed by atoms with Crippen LogP contribution in [0.4, 0.5) is 4.39 Å². The van der Waals surface area contributed by atoms with Crippen LogP contribution in [0.5, 0.6) is 0 Å². The van der Waals surface area contributed by atoms with E-state index in [0.717, 1.165) is 15.4 Å². The lowest BCUT2D eigenvalue weighted by Crippen LogP contribution is -2.02. The van der Waals surface area contributed by atoms with E-state index in [1.807, 2.05) is 24.3 Å². The highest BCUT2D eigenvalue weighted by atomic mass is 79.9. The van der Waals surface area contributed by atoms with Crippen molar-refractivity contribution in [2.24, 2.45) is 0 Å². The van der Waals surface area contributed by atoms with Gasteiger partial charge in [0.05, 0.1) is 0 Å². The third-order valence-corrected chi connectivity index (χ3v) is 3.83. The number of aromatic carboxylic acids is 1. The number of rotatable bonds is 3. The molecule has 92 valence electrons. The molecule has 1 N–H and O–H groups in total. The second-order valence-corrected chi connectivity index (χ2v) is 5.51. The van der Waals surface area contributed by atoms with Crippen molar-refractivity contribution >= 4 is 33.7 Å². The summed E-state index contributed by atoms with van der Waals surface area (Å²) in [6.45, 7) is 0. The van der Waals surface area contributed by atoms with Gasteiger partial charge in [0.2, 0.25) is 0 Å². The summed E-state index contributed by atoms with van der Waals surface area (Å²) in [5.74, 6) is -1.97. The molecular formula is C13H8BrFO2S. The molecule has 0 radical (unpaired) electrons. The van der Waals surface area contributed by atoms with E-state index >= 15 is 0 Å². The first-order valence-electron chi connectivity index (χ1n) is 5.03. The molecular weight excluding hydrogens is 319 g/mol. The summed E-state index contributed by atoms with van der Waals surface area (Å²) in [4.78, 5) is 12.3. The minimum absolute atomic E-state index is 0.287. The van der Waals surface area contributed by atoms with Gasteiger partial charge in [-0.15, -0.1) is 0 Å². The number of halogens is 2. The zero-order valence-electron chi connectivity index (χ0n) is 9.06. The predicted molar refractivity (Wildman–Crippen MR) is 71.6 cm³/mol. The molecule has 0 fully saturated rings. The lowest BCUT2D eigenvalue weighted by atomic mass is 10.2. The van der Waals surface area contributed by atoms with Crippen LogP contribution < -0.4 is 0 Å². The van der Waals surface area contributed by atoms with Crippen LogP contribution in [0.3, 0.4) is 0 Å². The van der Waals surface area contributed by atoms with Crippen LogP contribution in [0.15, 0.2) is 56.7 Å². The third-order valence-electron chi connectivity index (χ3n) is 2.23. The lowest BCUT2D eigenvalue weighted by molar-refractivity contribution is 0.0688. The molecule has 2 rings (SSSR count). The molecule has 0 saturated carbocycles. The van der Waals surface area contributed by atoms with Crippen LogP contribution in [0, 0.1) is 5.82 Å². The first-order chi connectivity index (χ1) is 8.58. The summed E-state index contributed by atoms with van der Waals surface area (Å²) in [6.07, 6.45) is 0. The van der Waals surface area contributed by atoms with E-state index in [1.165, 1.54) is 17.8 Å². The Bertz CT molecular complexity index is 584. The van der Waals surface area contributed by atoms with E-state index in [1.54, 1.807) is 6.07 Å². The van der Waals surface area contributed by atoms with Crippen LogP contribution in [-0.2, 0) is 0 Å². The second kappa shape index (κ2) is 5.54. The highest BCUT2D eigenvalue weighted by Gasteiger charge is 2.16. The number of hydrogen-bond acceptors (Lipinski definition) is 2. The molecule has 0 heterocycles. The summed E-state index contributed by atoms with van der Waals surface area (Å²) in [5.41, 5.74) is -0.287. The Hall–Kier alpha value is -1.33. The average molecular weight is 327 g/mol. The van der Waals surface area contributed by atoms with Crippen molar-refractivity contribution in [1.82, 2.24) is 0 Å². The number of benzene rings is 2. The molecule has 0 aliphatic carbocycles. The molecule has 0 unspecified atom stereocenters. The molecule has 2 aromatic rings. The van der Waals surface area contributed by atoms with E-state index in [4.69, 9.17) is 5.11 Å². The van der Waals surface area contributed by atoms with E-state index < -0.39 is 11.8 Å². The smallest absolute Gasteiger partial charge is 0.339 e. The topological polar surface area (TPSA) is 37.3 Å². The largest absolute Gasteiger partial charge is 0.478 e. The molecule has 0 aromatic heterocycles. The van der Waals surface area contributed by atoms with Crippen molar-refractivity contribution in [1.29, 1.82) is 0 Å². The highest BCUT2D eigenvalue weighted by Crippen LogP contribution is 2.32. The Labute approximate surface area is 116 Å². The standard InChI is InChI=1S/C13H8BrFO2S/c14-8-4-6-9(7-5-8)18-11-3-1-2-10(15)12(11)13(16)17/h1-7H,(H,16,17). The molecule has 0 amide bonds. The monoisotopic (exact) mass is 326 g/mol. The molecule has 2 nitrogen and oxygen atoms in total. The Balaban J connectivity index is 2.37. The van der Waals surface area contributed by atoms with Gasteiger partial charge < -0.3 is 5.11 Å². The lowest BCUT2D eigenvalue weighted by Gasteiger charge is -2.06. The van der Waals surface area contributed by atoms with Gasteiger partial charge in [0.25, 0.3) is 0 Å². The van der Waals surface area contributed by atoms with Gasteiger partial charge in [-0.2, -0.15) is 0 Å². The SMILES string of the molecule is O=C(O)c1c(F)cccc1Sc1ccc(Br)cc1. The molecule has 0 aliphatic rings. The minimum Gasteiger partial charge on any atom is -0.478 e. The van der Waals surface area contributed by atoms with Crippen LogP contribution in [0.25, 0.3) is 0 Å². The van der Waals surface area contributed by atoms with Gasteiger partial charge in [-0.05, 0) is 36.4 Å². The maximum atomic E-state index is 13.5. The average Bonchev–Trinajstić information content (AvgIpc) is 2.32. The van der Waals surface area contributed by atoms with Crippen LogP contribution >= 0.6 is 27.7 Å². The van der Waals surface area contributed by atoms with E-state index in [0.29, 0.717) is 4.90 Å². The number of hydrogen-bond donors (Lipinski definition) is 1. The van der Waals surface area contributed by atoms with Crippen molar-refractivity contribution in [2.75, 3.05) is 0 Å². The fourth-order valence-electron chi connectivity index (χ4n) is 1.43. The fourth-order valence-corrected chi connectivity index (χ4v) is 2.65. The Morgan fingerprint density at radius 1 is 1.17 bits per heavy atom. The van der Waals surface area contributed by atoms with Gasteiger partial charge in [-0.1, -0.05) is 33.8 Å². The summed E-state index contributed by atoms with van der Waals surface area (Å²) in [6, 6.07) is 11.6. The van der Waals surface area contributed by atoms with Gasteiger partial charge in [-0.25, -0.2) is 9.18 Å². The molecule has 2 aromatic carbocycles. The zero-order chi connectivity index (χ0) is 13.1. The summed E-state index contributed by atoms with van der Waals surface area (Å²) in [5, 5.41) is 9.01. The van der Waals surface area contributed by atoms with Gasteiger partial charge in [-0.3, -0.25) is 0 Å². The van der Waals surface area contributed by atoms with Crippen molar-refractivity contribution in [2.45, 2.75) is 9.79 Å². The molecule has 0 bridgehead atoms. The molecule has 5 heteroatoms.